The summed E-state index contributed by atoms with van der Waals surface area (Å²) in [5.74, 6) is 0.278. The van der Waals surface area contributed by atoms with Crippen molar-refractivity contribution in [1.82, 2.24) is 0 Å². The average molecular weight is 299 g/mol. The second-order valence-corrected chi connectivity index (χ2v) is 7.44. The fourth-order valence-electron chi connectivity index (χ4n) is 2.87. The van der Waals surface area contributed by atoms with Crippen molar-refractivity contribution in [1.29, 1.82) is 0 Å². The molecule has 1 aliphatic rings. The van der Waals surface area contributed by atoms with E-state index in [0.29, 0.717) is 6.42 Å². The van der Waals surface area contributed by atoms with Gasteiger partial charge in [0.1, 0.15) is 5.75 Å². The number of methoxy groups -OCH3 is 1. The summed E-state index contributed by atoms with van der Waals surface area (Å²) < 4.78 is 36.9. The van der Waals surface area contributed by atoms with Crippen LogP contribution < -0.4 is 9.64 Å². The average Bonchev–Trinajstić information content (AvgIpc) is 2.33. The van der Waals surface area contributed by atoms with Crippen molar-refractivity contribution in [3.8, 4) is 5.75 Å². The van der Waals surface area contributed by atoms with Crippen LogP contribution in [0.4, 0.5) is 5.69 Å². The van der Waals surface area contributed by atoms with Gasteiger partial charge in [0, 0.05) is 30.3 Å². The SMILES string of the molecule is COc1ccc2c(c1)N(C)C(C)(C)CC2CS(=O)(=O)O. The van der Waals surface area contributed by atoms with Crippen LogP contribution in [0.3, 0.4) is 0 Å². The summed E-state index contributed by atoms with van der Waals surface area (Å²) in [6, 6.07) is 5.62. The monoisotopic (exact) mass is 299 g/mol. The lowest BCUT2D eigenvalue weighted by Crippen LogP contribution is -2.47. The van der Waals surface area contributed by atoms with Crippen molar-refractivity contribution in [2.45, 2.75) is 31.7 Å². The summed E-state index contributed by atoms with van der Waals surface area (Å²) in [6.45, 7) is 4.12. The van der Waals surface area contributed by atoms with Gasteiger partial charge in [-0.2, -0.15) is 8.42 Å². The van der Waals surface area contributed by atoms with Gasteiger partial charge in [0.2, 0.25) is 0 Å². The molecular weight excluding hydrogens is 278 g/mol. The third-order valence-electron chi connectivity index (χ3n) is 4.10. The van der Waals surface area contributed by atoms with Gasteiger partial charge < -0.3 is 9.64 Å². The first-order valence-corrected chi connectivity index (χ1v) is 8.12. The van der Waals surface area contributed by atoms with Gasteiger partial charge in [-0.3, -0.25) is 4.55 Å². The number of rotatable bonds is 3. The molecule has 1 atom stereocenters. The molecule has 1 aliphatic heterocycles. The molecule has 1 aromatic rings. The molecule has 112 valence electrons. The quantitative estimate of drug-likeness (QED) is 0.867. The van der Waals surface area contributed by atoms with Crippen LogP contribution in [0.1, 0.15) is 31.7 Å². The second kappa shape index (κ2) is 4.93. The molecular formula is C14H21NO4S. The zero-order valence-electron chi connectivity index (χ0n) is 12.3. The molecule has 0 aliphatic carbocycles. The number of hydrogen-bond acceptors (Lipinski definition) is 4. The highest BCUT2D eigenvalue weighted by Crippen LogP contribution is 2.44. The van der Waals surface area contributed by atoms with E-state index >= 15 is 0 Å². The van der Waals surface area contributed by atoms with Gasteiger partial charge in [-0.25, -0.2) is 0 Å². The van der Waals surface area contributed by atoms with Gasteiger partial charge >= 0.3 is 0 Å². The number of nitrogens with zero attached hydrogens (tertiary/aromatic N) is 1. The Morgan fingerprint density at radius 1 is 1.45 bits per heavy atom. The fraction of sp³-hybridized carbons (Fsp3) is 0.571. The van der Waals surface area contributed by atoms with E-state index in [1.807, 2.05) is 25.2 Å². The first-order valence-electron chi connectivity index (χ1n) is 6.51. The molecule has 1 heterocycles. The van der Waals surface area contributed by atoms with Crippen LogP contribution in [0.15, 0.2) is 18.2 Å². The standard InChI is InChI=1S/C14H21NO4S/c1-14(2)8-10(9-20(16,17)18)12-6-5-11(19-4)7-13(12)15(14)3/h5-7,10H,8-9H2,1-4H3,(H,16,17,18). The molecule has 2 rings (SSSR count). The van der Waals surface area contributed by atoms with Gasteiger partial charge in [-0.05, 0) is 31.9 Å². The highest BCUT2D eigenvalue weighted by Gasteiger charge is 2.37. The van der Waals surface area contributed by atoms with Crippen molar-refractivity contribution in [2.24, 2.45) is 0 Å². The minimum atomic E-state index is -4.00. The smallest absolute Gasteiger partial charge is 0.265 e. The van der Waals surface area contributed by atoms with Crippen LogP contribution in [-0.2, 0) is 10.1 Å². The molecule has 0 amide bonds. The molecule has 0 spiro atoms. The highest BCUT2D eigenvalue weighted by molar-refractivity contribution is 7.85. The topological polar surface area (TPSA) is 66.8 Å². The summed E-state index contributed by atoms with van der Waals surface area (Å²) in [5.41, 5.74) is 1.70. The van der Waals surface area contributed by atoms with Crippen molar-refractivity contribution in [2.75, 3.05) is 24.8 Å². The molecule has 0 aromatic heterocycles. The zero-order valence-corrected chi connectivity index (χ0v) is 13.1. The Labute approximate surface area is 120 Å². The maximum Gasteiger partial charge on any atom is 0.265 e. The minimum Gasteiger partial charge on any atom is -0.497 e. The fourth-order valence-corrected chi connectivity index (χ4v) is 3.67. The van der Waals surface area contributed by atoms with E-state index in [4.69, 9.17) is 9.29 Å². The normalized spacial score (nSPS) is 21.4. The van der Waals surface area contributed by atoms with E-state index in [2.05, 4.69) is 18.7 Å². The van der Waals surface area contributed by atoms with Crippen LogP contribution in [0, 0.1) is 0 Å². The van der Waals surface area contributed by atoms with E-state index in [9.17, 15) is 8.42 Å². The summed E-state index contributed by atoms with van der Waals surface area (Å²) in [5, 5.41) is 0. The Morgan fingerprint density at radius 3 is 2.65 bits per heavy atom. The van der Waals surface area contributed by atoms with Gasteiger partial charge in [-0.1, -0.05) is 6.07 Å². The Balaban J connectivity index is 2.51. The summed E-state index contributed by atoms with van der Waals surface area (Å²) in [4.78, 5) is 2.13. The number of benzene rings is 1. The maximum atomic E-state index is 11.2. The second-order valence-electron chi connectivity index (χ2n) is 5.95. The molecule has 6 heteroatoms. The first kappa shape index (κ1) is 15.1. The van der Waals surface area contributed by atoms with Gasteiger partial charge in [0.25, 0.3) is 10.1 Å². The van der Waals surface area contributed by atoms with Crippen molar-refractivity contribution >= 4 is 15.8 Å². The van der Waals surface area contributed by atoms with Crippen LogP contribution >= 0.6 is 0 Å². The lowest BCUT2D eigenvalue weighted by Gasteiger charge is -2.46. The number of ether oxygens (including phenoxy) is 1. The predicted octanol–water partition coefficient (Wildman–Crippen LogP) is 2.29. The lowest BCUT2D eigenvalue weighted by atomic mass is 9.80. The first-order chi connectivity index (χ1) is 9.14. The molecule has 1 unspecified atom stereocenters. The largest absolute Gasteiger partial charge is 0.497 e. The van der Waals surface area contributed by atoms with E-state index < -0.39 is 10.1 Å². The molecule has 1 N–H and O–H groups in total. The third-order valence-corrected chi connectivity index (χ3v) is 4.93. The Hall–Kier alpha value is -1.27. The molecule has 0 radical (unpaired) electrons. The molecule has 5 nitrogen and oxygen atoms in total. The highest BCUT2D eigenvalue weighted by atomic mass is 32.2. The molecule has 20 heavy (non-hydrogen) atoms. The van der Waals surface area contributed by atoms with Gasteiger partial charge in [-0.15, -0.1) is 0 Å². The van der Waals surface area contributed by atoms with Crippen LogP contribution in [0.2, 0.25) is 0 Å². The van der Waals surface area contributed by atoms with Crippen molar-refractivity contribution in [3.63, 3.8) is 0 Å². The number of fused-ring (bicyclic) bond motifs is 1. The van der Waals surface area contributed by atoms with Crippen LogP contribution in [-0.4, -0.2) is 38.4 Å². The van der Waals surface area contributed by atoms with E-state index in [-0.39, 0.29) is 17.2 Å². The predicted molar refractivity (Wildman–Crippen MR) is 79.2 cm³/mol. The Morgan fingerprint density at radius 2 is 2.10 bits per heavy atom. The van der Waals surface area contributed by atoms with Crippen LogP contribution in [0.5, 0.6) is 5.75 Å². The zero-order chi connectivity index (χ0) is 15.1. The Bertz CT molecular complexity index is 610. The summed E-state index contributed by atoms with van der Waals surface area (Å²) in [6.07, 6.45) is 0.669. The van der Waals surface area contributed by atoms with Crippen molar-refractivity contribution in [3.05, 3.63) is 23.8 Å². The summed E-state index contributed by atoms with van der Waals surface area (Å²) in [7, 11) is -0.409. The van der Waals surface area contributed by atoms with Crippen LogP contribution in [0.25, 0.3) is 0 Å². The van der Waals surface area contributed by atoms with E-state index in [1.165, 1.54) is 0 Å². The molecule has 0 saturated heterocycles. The van der Waals surface area contributed by atoms with Crippen molar-refractivity contribution < 1.29 is 17.7 Å². The molecule has 1 aromatic carbocycles. The Kier molecular flexibility index (Phi) is 3.73. The van der Waals surface area contributed by atoms with Gasteiger partial charge in [0.15, 0.2) is 0 Å². The van der Waals surface area contributed by atoms with Gasteiger partial charge in [0.05, 0.1) is 12.9 Å². The summed E-state index contributed by atoms with van der Waals surface area (Å²) >= 11 is 0. The number of hydrogen-bond donors (Lipinski definition) is 1. The minimum absolute atomic E-state index is 0.186. The molecule has 0 fully saturated rings. The number of anilines is 1. The molecule has 0 saturated carbocycles. The van der Waals surface area contributed by atoms with E-state index in [1.54, 1.807) is 7.11 Å². The third kappa shape index (κ3) is 2.91. The van der Waals surface area contributed by atoms with E-state index in [0.717, 1.165) is 17.0 Å². The lowest BCUT2D eigenvalue weighted by molar-refractivity contribution is 0.384. The molecule has 0 bridgehead atoms. The maximum absolute atomic E-state index is 11.2.